The number of hydrogen-bond donors (Lipinski definition) is 2. The average molecular weight is 799 g/mol. The summed E-state index contributed by atoms with van der Waals surface area (Å²) in [4.78, 5) is 23.2. The number of thioether (sulfide) groups is 1. The fraction of sp³-hybridized carbons (Fsp3) is 0.478. The van der Waals surface area contributed by atoms with Crippen LogP contribution in [0.25, 0.3) is 0 Å². The van der Waals surface area contributed by atoms with E-state index in [4.69, 9.17) is 28.9 Å². The Balaban J connectivity index is 1.52. The minimum absolute atomic E-state index is 0.0996. The molecule has 11 heteroatoms. The van der Waals surface area contributed by atoms with Crippen LogP contribution in [0.1, 0.15) is 68.9 Å². The second-order valence-electron chi connectivity index (χ2n) is 15.0. The lowest BCUT2D eigenvalue weighted by Gasteiger charge is -2.59. The molecule has 2 aliphatic carbocycles. The van der Waals surface area contributed by atoms with Crippen molar-refractivity contribution in [2.45, 2.75) is 80.9 Å². The molecule has 6 atom stereocenters. The van der Waals surface area contributed by atoms with Gasteiger partial charge in [-0.25, -0.2) is 0 Å². The van der Waals surface area contributed by atoms with Crippen LogP contribution in [0.4, 0.5) is 0 Å². The van der Waals surface area contributed by atoms with Crippen molar-refractivity contribution in [1.29, 1.82) is 0 Å². The first kappa shape index (κ1) is 42.3. The summed E-state index contributed by atoms with van der Waals surface area (Å²) in [5, 5.41) is 24.5. The summed E-state index contributed by atoms with van der Waals surface area (Å²) in [6.07, 6.45) is 11.4. The van der Waals surface area contributed by atoms with E-state index in [-0.39, 0.29) is 55.8 Å². The number of likely N-dealkylation sites (N-methyl/N-ethyl adjacent to an activating group) is 1. The van der Waals surface area contributed by atoms with Gasteiger partial charge in [0.2, 0.25) is 11.7 Å². The molecule has 0 spiro atoms. The minimum Gasteiger partial charge on any atom is -0.497 e. The van der Waals surface area contributed by atoms with Gasteiger partial charge in [-0.1, -0.05) is 42.3 Å². The Bertz CT molecular complexity index is 1880. The topological polar surface area (TPSA) is 119 Å². The average Bonchev–Trinajstić information content (AvgIpc) is 3.23. The number of carbonyl (C=O) groups is 1. The zero-order chi connectivity index (χ0) is 40.4. The van der Waals surface area contributed by atoms with Gasteiger partial charge in [-0.05, 0) is 116 Å². The highest BCUT2D eigenvalue weighted by Gasteiger charge is 2.65. The van der Waals surface area contributed by atoms with Gasteiger partial charge in [0, 0.05) is 43.1 Å². The van der Waals surface area contributed by atoms with Crippen molar-refractivity contribution < 1.29 is 38.8 Å². The normalized spacial score (nSPS) is 24.1. The second-order valence-corrected chi connectivity index (χ2v) is 15.9. The Morgan fingerprint density at radius 2 is 1.77 bits per heavy atom. The van der Waals surface area contributed by atoms with Gasteiger partial charge >= 0.3 is 0 Å². The fourth-order valence-electron chi connectivity index (χ4n) is 8.97. The molecule has 0 aromatic heterocycles. The summed E-state index contributed by atoms with van der Waals surface area (Å²) in [6.45, 7) is 6.76. The maximum Gasteiger partial charge on any atom is 0.239 e. The summed E-state index contributed by atoms with van der Waals surface area (Å²) in [5.74, 6) is 1.09. The molecule has 1 saturated carbocycles. The van der Waals surface area contributed by atoms with Crippen molar-refractivity contribution >= 4 is 23.4 Å². The van der Waals surface area contributed by atoms with Crippen molar-refractivity contribution in [2.24, 2.45) is 22.9 Å². The fourth-order valence-corrected chi connectivity index (χ4v) is 9.38. The number of amides is 1. The van der Waals surface area contributed by atoms with Gasteiger partial charge in [0.15, 0.2) is 0 Å². The van der Waals surface area contributed by atoms with Gasteiger partial charge in [-0.2, -0.15) is 0 Å². The van der Waals surface area contributed by atoms with E-state index in [0.29, 0.717) is 43.1 Å². The zero-order valence-corrected chi connectivity index (χ0v) is 34.5. The number of unbranched alkanes of at least 4 members (excludes halogenated alkanes) is 2. The largest absolute Gasteiger partial charge is 0.497 e. The number of oxime groups is 1. The van der Waals surface area contributed by atoms with E-state index in [2.05, 4.69) is 18.7 Å². The Morgan fingerprint density at radius 3 is 2.47 bits per heavy atom. The first-order valence-corrected chi connectivity index (χ1v) is 21.4. The third-order valence-corrected chi connectivity index (χ3v) is 12.3. The highest BCUT2D eigenvalue weighted by Crippen LogP contribution is 2.62. The zero-order valence-electron chi connectivity index (χ0n) is 33.7. The molecule has 6 rings (SSSR count). The smallest absolute Gasteiger partial charge is 0.239 e. The standard InChI is InChI=1S/C46H58N2O8S/c1-6-25-53-46-42(48(3)43(51)27-31-13-12-15-34(26-31)52-4)30-40(47-54-7-2)38-28-32(14-8-10-23-49)37(16-9-11-24-50)44(45(38)46)39-29-35(19-22-41(39)56-46)55-33-17-20-36(57-5)21-18-33/h6,12-13,15,17-22,26,28-29,32,37,42,44-45,49-50H,1,7-11,14,16,23-25,27,30H2,2-5H3. The van der Waals surface area contributed by atoms with Crippen LogP contribution in [0.2, 0.25) is 0 Å². The van der Waals surface area contributed by atoms with E-state index < -0.39 is 11.8 Å². The van der Waals surface area contributed by atoms with E-state index in [1.54, 1.807) is 29.8 Å². The van der Waals surface area contributed by atoms with Crippen molar-refractivity contribution in [3.05, 3.63) is 102 Å². The molecule has 6 unspecified atom stereocenters. The third kappa shape index (κ3) is 9.38. The lowest BCUT2D eigenvalue weighted by Crippen LogP contribution is -2.69. The number of benzene rings is 3. The van der Waals surface area contributed by atoms with Crippen LogP contribution in [0, 0.1) is 17.8 Å². The van der Waals surface area contributed by atoms with Gasteiger partial charge in [0.25, 0.3) is 0 Å². The minimum atomic E-state index is -1.32. The summed E-state index contributed by atoms with van der Waals surface area (Å²) in [7, 11) is 3.44. The number of fused-ring (bicyclic) bond motifs is 2. The van der Waals surface area contributed by atoms with E-state index in [9.17, 15) is 15.0 Å². The number of allylic oxidation sites excluding steroid dienone is 1. The van der Waals surface area contributed by atoms with E-state index in [0.717, 1.165) is 58.7 Å². The van der Waals surface area contributed by atoms with Crippen LogP contribution in [-0.4, -0.2) is 85.4 Å². The SMILES string of the molecule is C=CCOC12Oc3ccc(Oc4ccc(SC)cc4)cc3C3C(CCCCO)C(CCCCO)C=C(C(=NOCC)CC1N(C)C(=O)Cc1cccc(OC)c1)C32. The molecule has 1 fully saturated rings. The Morgan fingerprint density at radius 1 is 1.02 bits per heavy atom. The predicted molar refractivity (Wildman–Crippen MR) is 224 cm³/mol. The third-order valence-electron chi connectivity index (χ3n) is 11.6. The van der Waals surface area contributed by atoms with E-state index in [1.165, 1.54) is 0 Å². The molecule has 3 aliphatic rings. The van der Waals surface area contributed by atoms with Crippen molar-refractivity contribution in [1.82, 2.24) is 4.90 Å². The second kappa shape index (κ2) is 19.9. The van der Waals surface area contributed by atoms with Gasteiger partial charge in [-0.15, -0.1) is 18.3 Å². The molecule has 1 amide bonds. The molecular formula is C46H58N2O8S. The molecular weight excluding hydrogens is 741 g/mol. The van der Waals surface area contributed by atoms with Crippen LogP contribution in [0.15, 0.2) is 101 Å². The van der Waals surface area contributed by atoms with Gasteiger partial charge in [0.05, 0.1) is 31.8 Å². The van der Waals surface area contributed by atoms with Crippen molar-refractivity contribution in [3.63, 3.8) is 0 Å². The summed E-state index contributed by atoms with van der Waals surface area (Å²) >= 11 is 1.68. The Hall–Kier alpha value is -4.29. The van der Waals surface area contributed by atoms with Crippen LogP contribution in [0.5, 0.6) is 23.0 Å². The van der Waals surface area contributed by atoms with Gasteiger partial charge in [0.1, 0.15) is 35.6 Å². The molecule has 306 valence electrons. The molecule has 1 aliphatic heterocycles. The molecule has 10 nitrogen and oxygen atoms in total. The molecule has 0 radical (unpaired) electrons. The molecule has 3 aromatic rings. The van der Waals surface area contributed by atoms with Crippen LogP contribution >= 0.6 is 11.8 Å². The number of hydrogen-bond acceptors (Lipinski definition) is 10. The van der Waals surface area contributed by atoms with Gasteiger partial charge < -0.3 is 38.9 Å². The van der Waals surface area contributed by atoms with Crippen LogP contribution in [0.3, 0.4) is 0 Å². The maximum atomic E-state index is 14.4. The van der Waals surface area contributed by atoms with Crippen molar-refractivity contribution in [3.8, 4) is 23.0 Å². The van der Waals surface area contributed by atoms with Crippen LogP contribution < -0.4 is 14.2 Å². The molecule has 0 saturated heterocycles. The number of aliphatic hydroxyl groups is 2. The number of methoxy groups -OCH3 is 1. The quantitative estimate of drug-likeness (QED) is 0.0502. The van der Waals surface area contributed by atoms with Gasteiger partial charge in [-0.3, -0.25) is 4.79 Å². The molecule has 2 N–H and O–H groups in total. The van der Waals surface area contributed by atoms with E-state index >= 15 is 0 Å². The molecule has 3 aromatic carbocycles. The highest BCUT2D eigenvalue weighted by atomic mass is 32.2. The van der Waals surface area contributed by atoms with Crippen LogP contribution in [-0.2, 0) is 20.8 Å². The summed E-state index contributed by atoms with van der Waals surface area (Å²) < 4.78 is 26.2. The number of aliphatic hydroxyl groups excluding tert-OH is 2. The Labute approximate surface area is 341 Å². The lowest BCUT2D eigenvalue weighted by atomic mass is 9.55. The monoisotopic (exact) mass is 798 g/mol. The number of carbonyl (C=O) groups excluding carboxylic acids is 1. The first-order chi connectivity index (χ1) is 27.8. The number of rotatable bonds is 20. The lowest BCUT2D eigenvalue weighted by molar-refractivity contribution is -0.255. The Kier molecular flexibility index (Phi) is 14.8. The molecule has 1 heterocycles. The van der Waals surface area contributed by atoms with E-state index in [1.807, 2.05) is 80.9 Å². The highest BCUT2D eigenvalue weighted by molar-refractivity contribution is 7.98. The number of nitrogens with zero attached hydrogens (tertiary/aromatic N) is 2. The summed E-state index contributed by atoms with van der Waals surface area (Å²) in [6, 6.07) is 21.0. The first-order valence-electron chi connectivity index (χ1n) is 20.2. The summed E-state index contributed by atoms with van der Waals surface area (Å²) in [5.41, 5.74) is 3.61. The van der Waals surface area contributed by atoms with Crippen molar-refractivity contribution in [2.75, 3.05) is 46.8 Å². The molecule has 57 heavy (non-hydrogen) atoms. The number of ether oxygens (including phenoxy) is 4. The maximum absolute atomic E-state index is 14.4. The predicted octanol–water partition coefficient (Wildman–Crippen LogP) is 8.56. The molecule has 0 bridgehead atoms.